The lowest BCUT2D eigenvalue weighted by molar-refractivity contribution is 0.177. The lowest BCUT2D eigenvalue weighted by Gasteiger charge is -2.32. The van der Waals surface area contributed by atoms with Crippen molar-refractivity contribution in [3.8, 4) is 6.01 Å². The van der Waals surface area contributed by atoms with E-state index in [1.807, 2.05) is 13.8 Å². The molecule has 1 fully saturated rings. The molecule has 0 spiro atoms. The van der Waals surface area contributed by atoms with Crippen molar-refractivity contribution in [2.45, 2.75) is 20.0 Å². The summed E-state index contributed by atoms with van der Waals surface area (Å²) in [6.45, 7) is 7.64. The summed E-state index contributed by atoms with van der Waals surface area (Å²) in [5, 5.41) is 2.06. The summed E-state index contributed by atoms with van der Waals surface area (Å²) < 4.78 is 5.43. The predicted molar refractivity (Wildman–Crippen MR) is 72.7 cm³/mol. The maximum Gasteiger partial charge on any atom is 0.323 e. The Labute approximate surface area is 112 Å². The molecule has 0 amide bonds. The van der Waals surface area contributed by atoms with Crippen molar-refractivity contribution in [2.24, 2.45) is 0 Å². The number of likely N-dealkylation sites (N-methyl/N-ethyl adjacent to an activating group) is 1. The first-order chi connectivity index (χ1) is 9.02. The summed E-state index contributed by atoms with van der Waals surface area (Å²) in [5.74, 6) is 0.579. The Bertz CT molecular complexity index is 418. The Hall–Kier alpha value is -1.67. The standard InChI is InChI=1S/C11H21N7O/c1-8(2)19-11-14-9(12)13-10(15-11)16-18-6-4-17(3)5-7-18/h8H,4-7H2,1-3H3,(H3,12,13,14,15,16). The van der Waals surface area contributed by atoms with Crippen LogP contribution in [0.2, 0.25) is 0 Å². The van der Waals surface area contributed by atoms with Crippen LogP contribution in [0.3, 0.4) is 0 Å². The third-order valence-electron chi connectivity index (χ3n) is 2.73. The van der Waals surface area contributed by atoms with E-state index in [0.717, 1.165) is 26.2 Å². The monoisotopic (exact) mass is 267 g/mol. The highest BCUT2D eigenvalue weighted by Gasteiger charge is 2.15. The zero-order chi connectivity index (χ0) is 13.8. The van der Waals surface area contributed by atoms with Crippen molar-refractivity contribution < 1.29 is 4.74 Å². The first-order valence-corrected chi connectivity index (χ1v) is 6.41. The van der Waals surface area contributed by atoms with Crippen LogP contribution in [0.4, 0.5) is 11.9 Å². The largest absolute Gasteiger partial charge is 0.461 e. The zero-order valence-electron chi connectivity index (χ0n) is 11.6. The van der Waals surface area contributed by atoms with Gasteiger partial charge in [-0.05, 0) is 20.9 Å². The van der Waals surface area contributed by atoms with E-state index in [2.05, 4.69) is 37.3 Å². The van der Waals surface area contributed by atoms with Gasteiger partial charge in [-0.2, -0.15) is 15.0 Å². The van der Waals surface area contributed by atoms with Gasteiger partial charge in [0.25, 0.3) is 0 Å². The molecule has 2 heterocycles. The van der Waals surface area contributed by atoms with E-state index in [1.54, 1.807) is 0 Å². The molecule has 2 rings (SSSR count). The third kappa shape index (κ3) is 4.18. The van der Waals surface area contributed by atoms with Crippen LogP contribution in [0.15, 0.2) is 0 Å². The minimum atomic E-state index is -0.00159. The van der Waals surface area contributed by atoms with Crippen molar-refractivity contribution in [3.63, 3.8) is 0 Å². The Morgan fingerprint density at radius 3 is 2.47 bits per heavy atom. The zero-order valence-corrected chi connectivity index (χ0v) is 11.6. The molecule has 0 aromatic carbocycles. The van der Waals surface area contributed by atoms with Gasteiger partial charge in [0.2, 0.25) is 11.9 Å². The highest BCUT2D eigenvalue weighted by molar-refractivity contribution is 5.31. The van der Waals surface area contributed by atoms with Gasteiger partial charge < -0.3 is 15.4 Å². The predicted octanol–water partition coefficient (Wildman–Crippen LogP) is -0.185. The van der Waals surface area contributed by atoms with Gasteiger partial charge in [-0.25, -0.2) is 5.01 Å². The number of hydrogen-bond donors (Lipinski definition) is 2. The maximum atomic E-state index is 5.65. The number of nitrogens with one attached hydrogen (secondary N) is 1. The van der Waals surface area contributed by atoms with E-state index in [-0.39, 0.29) is 18.1 Å². The number of anilines is 2. The normalized spacial score (nSPS) is 17.7. The Morgan fingerprint density at radius 1 is 1.16 bits per heavy atom. The number of nitrogen functional groups attached to an aromatic ring is 1. The van der Waals surface area contributed by atoms with Gasteiger partial charge in [-0.3, -0.25) is 5.43 Å². The molecule has 8 nitrogen and oxygen atoms in total. The summed E-state index contributed by atoms with van der Waals surface area (Å²) >= 11 is 0. The maximum absolute atomic E-state index is 5.65. The lowest BCUT2D eigenvalue weighted by atomic mass is 10.4. The van der Waals surface area contributed by atoms with Crippen LogP contribution in [0.25, 0.3) is 0 Å². The second-order valence-corrected chi connectivity index (χ2v) is 4.87. The Balaban J connectivity index is 2.01. The van der Waals surface area contributed by atoms with Crippen molar-refractivity contribution >= 4 is 11.9 Å². The molecule has 0 radical (unpaired) electrons. The second kappa shape index (κ2) is 5.98. The third-order valence-corrected chi connectivity index (χ3v) is 2.73. The fourth-order valence-electron chi connectivity index (χ4n) is 1.75. The number of hydrazine groups is 1. The second-order valence-electron chi connectivity index (χ2n) is 4.87. The van der Waals surface area contributed by atoms with Crippen LogP contribution < -0.4 is 15.9 Å². The molecule has 8 heteroatoms. The number of rotatable bonds is 4. The molecule has 0 aliphatic carbocycles. The van der Waals surface area contributed by atoms with E-state index >= 15 is 0 Å². The molecule has 19 heavy (non-hydrogen) atoms. The summed E-state index contributed by atoms with van der Waals surface area (Å²) in [6.07, 6.45) is -0.00159. The highest BCUT2D eigenvalue weighted by Crippen LogP contribution is 2.11. The van der Waals surface area contributed by atoms with E-state index < -0.39 is 0 Å². The van der Waals surface area contributed by atoms with Crippen LogP contribution in [0.5, 0.6) is 6.01 Å². The molecule has 1 saturated heterocycles. The molecule has 106 valence electrons. The highest BCUT2D eigenvalue weighted by atomic mass is 16.5. The molecule has 0 saturated carbocycles. The van der Waals surface area contributed by atoms with Crippen LogP contribution in [0, 0.1) is 0 Å². The SMILES string of the molecule is CC(C)Oc1nc(N)nc(NN2CCN(C)CC2)n1. The van der Waals surface area contributed by atoms with Crippen LogP contribution in [-0.2, 0) is 0 Å². The molecule has 3 N–H and O–H groups in total. The molecule has 0 bridgehead atoms. The lowest BCUT2D eigenvalue weighted by Crippen LogP contribution is -2.47. The van der Waals surface area contributed by atoms with Crippen molar-refractivity contribution in [3.05, 3.63) is 0 Å². The molecule has 1 aliphatic rings. The quantitative estimate of drug-likeness (QED) is 0.776. The molecule has 0 unspecified atom stereocenters. The number of hydrogen-bond acceptors (Lipinski definition) is 8. The number of ether oxygens (including phenoxy) is 1. The average Bonchev–Trinajstić information content (AvgIpc) is 2.30. The van der Waals surface area contributed by atoms with Crippen LogP contribution >= 0.6 is 0 Å². The van der Waals surface area contributed by atoms with E-state index in [1.165, 1.54) is 0 Å². The van der Waals surface area contributed by atoms with E-state index in [0.29, 0.717) is 5.95 Å². The Morgan fingerprint density at radius 2 is 1.84 bits per heavy atom. The smallest absolute Gasteiger partial charge is 0.323 e. The first-order valence-electron chi connectivity index (χ1n) is 6.41. The number of aromatic nitrogens is 3. The van der Waals surface area contributed by atoms with Crippen molar-refractivity contribution in [1.29, 1.82) is 0 Å². The van der Waals surface area contributed by atoms with Gasteiger partial charge in [0, 0.05) is 26.2 Å². The summed E-state index contributed by atoms with van der Waals surface area (Å²) in [5.41, 5.74) is 8.79. The number of nitrogens with zero attached hydrogens (tertiary/aromatic N) is 5. The number of piperazine rings is 1. The van der Waals surface area contributed by atoms with Crippen LogP contribution in [0.1, 0.15) is 13.8 Å². The molecule has 1 aromatic heterocycles. The minimum absolute atomic E-state index is 0.00159. The van der Waals surface area contributed by atoms with Gasteiger partial charge in [0.05, 0.1) is 6.10 Å². The fraction of sp³-hybridized carbons (Fsp3) is 0.727. The number of nitrogens with two attached hydrogens (primary N) is 1. The molecule has 1 aromatic rings. The van der Waals surface area contributed by atoms with Gasteiger partial charge in [-0.15, -0.1) is 0 Å². The van der Waals surface area contributed by atoms with Gasteiger partial charge in [0.15, 0.2) is 0 Å². The molecule has 1 aliphatic heterocycles. The topological polar surface area (TPSA) is 92.4 Å². The fourth-order valence-corrected chi connectivity index (χ4v) is 1.75. The van der Waals surface area contributed by atoms with Crippen LogP contribution in [-0.4, -0.2) is 64.2 Å². The van der Waals surface area contributed by atoms with E-state index in [9.17, 15) is 0 Å². The van der Waals surface area contributed by atoms with Gasteiger partial charge >= 0.3 is 6.01 Å². The molecular formula is C11H21N7O. The molecule has 0 atom stereocenters. The first kappa shape index (κ1) is 13.8. The molecular weight excluding hydrogens is 246 g/mol. The van der Waals surface area contributed by atoms with Crippen molar-refractivity contribution in [2.75, 3.05) is 44.4 Å². The van der Waals surface area contributed by atoms with E-state index in [4.69, 9.17) is 10.5 Å². The summed E-state index contributed by atoms with van der Waals surface area (Å²) in [6, 6.07) is 0.249. The Kier molecular flexibility index (Phi) is 4.33. The van der Waals surface area contributed by atoms with Gasteiger partial charge in [0.1, 0.15) is 0 Å². The summed E-state index contributed by atoms with van der Waals surface area (Å²) in [7, 11) is 2.10. The van der Waals surface area contributed by atoms with Gasteiger partial charge in [-0.1, -0.05) is 0 Å². The van der Waals surface area contributed by atoms with Crippen molar-refractivity contribution in [1.82, 2.24) is 24.9 Å². The summed E-state index contributed by atoms with van der Waals surface area (Å²) in [4.78, 5) is 14.5. The average molecular weight is 267 g/mol. The minimum Gasteiger partial charge on any atom is -0.461 e.